The molecule has 12 heteroatoms. The van der Waals surface area contributed by atoms with E-state index in [1.54, 1.807) is 0 Å². The zero-order valence-electron chi connectivity index (χ0n) is 67.8. The molecule has 0 bridgehead atoms. The van der Waals surface area contributed by atoms with Crippen LogP contribution in [-0.2, 0) is 0 Å². The van der Waals surface area contributed by atoms with Gasteiger partial charge in [0.2, 0.25) is 11.8 Å². The van der Waals surface area contributed by atoms with Crippen LogP contribution in [0.3, 0.4) is 0 Å². The van der Waals surface area contributed by atoms with Crippen LogP contribution < -0.4 is 16.0 Å². The molecule has 25 rings (SSSR count). The smallest absolute Gasteiger partial charge is 0.227 e. The van der Waals surface area contributed by atoms with Gasteiger partial charge in [0.15, 0.2) is 11.2 Å². The maximum absolute atomic E-state index is 6.55. The first-order chi connectivity index (χ1) is 62.1. The SMILES string of the molecule is Brc1ccc2oc3ccccc3c2c1.Clc1ccc2ccc3ccc4nc(-c5ccccc5)oc4c3c2c1.Nc1ccc(-c2ccccc2)cc1.c1ccc(-c2ccc(N(c3ccc4oc5ccccc5c4c3)c3ccc4ccc5ccc6nc(-c7ccccc7)oc6c5c4c3)cc2)cc1.c1ccc(-c2ccc(Nc3ccc4oc5ccccc5c4c3)cc2)cc1. The predicted molar refractivity (Wildman–Crippen MR) is 528 cm³/mol. The number of nitrogen functional groups attached to an aromatic ring is 1. The molecule has 25 aromatic rings. The molecule has 0 radical (unpaired) electrons. The van der Waals surface area contributed by atoms with Gasteiger partial charge in [0.1, 0.15) is 44.5 Å². The fourth-order valence-corrected chi connectivity index (χ4v) is 17.2. The number of nitrogens with zero attached hydrogens (tertiary/aromatic N) is 3. The molecule has 5 heterocycles. The first-order valence-electron chi connectivity index (χ1n) is 41.6. The highest BCUT2D eigenvalue weighted by molar-refractivity contribution is 9.10. The molecule has 0 aliphatic rings. The first kappa shape index (κ1) is 77.3. The minimum atomic E-state index is 0.622. The Balaban J connectivity index is 0.000000106. The summed E-state index contributed by atoms with van der Waals surface area (Å²) in [6.45, 7) is 0. The zero-order valence-corrected chi connectivity index (χ0v) is 70.1. The van der Waals surface area contributed by atoms with E-state index in [-0.39, 0.29) is 0 Å². The standard InChI is InChI=1S/C45H28N2O2.C24H17NO.C21H12ClNO.C12H7BrO.C12H11N/c1-3-9-29(10-4-1)30-17-21-34(22-18-30)47(36-24-26-42-39(28-36)37-13-7-8-14-41(37)48-42)35-23-19-31-15-16-32-20-25-40-44(43(32)38(31)27-35)49-45(46-40)33-11-5-2-6-12-33;1-2-6-17(7-3-1)18-10-12-19(13-11-18)25-20-14-15-24-22(16-20)21-8-4-5-9-23(21)26-24;22-16-10-8-13-6-7-14-9-11-18-20(19(14)17(13)12-16)24-21(23-18)15-4-2-1-3-5-15;13-8-5-6-12-10(7-8)9-3-1-2-4-11(9)14-12;13-12-8-6-11(7-9-12)10-4-2-1-3-5-10/h1-28H;1-16,25H;1-12H;1-7H;1-9H,13H2. The van der Waals surface area contributed by atoms with Gasteiger partial charge in [-0.15, -0.1) is 0 Å². The van der Waals surface area contributed by atoms with Crippen LogP contribution in [0.4, 0.5) is 34.1 Å². The monoisotopic (exact) mass is 1710 g/mol. The van der Waals surface area contributed by atoms with Crippen molar-refractivity contribution in [2.45, 2.75) is 0 Å². The Hall–Kier alpha value is -16.1. The largest absolute Gasteiger partial charge is 0.456 e. The van der Waals surface area contributed by atoms with Crippen molar-refractivity contribution >= 4 is 193 Å². The van der Waals surface area contributed by atoms with E-state index in [9.17, 15) is 0 Å². The maximum atomic E-state index is 6.55. The van der Waals surface area contributed by atoms with E-state index >= 15 is 0 Å². The molecular formula is C114H75BrClN5O5. The molecule has 600 valence electrons. The number of benzene rings is 20. The lowest BCUT2D eigenvalue weighted by molar-refractivity contribution is 0.623. The average molecular weight is 1710 g/mol. The second kappa shape index (κ2) is 34.1. The zero-order chi connectivity index (χ0) is 84.4. The van der Waals surface area contributed by atoms with E-state index in [0.29, 0.717) is 11.8 Å². The lowest BCUT2D eigenvalue weighted by Gasteiger charge is -2.26. The van der Waals surface area contributed by atoms with Gasteiger partial charge >= 0.3 is 0 Å². The topological polar surface area (TPSA) is 133 Å². The van der Waals surface area contributed by atoms with E-state index in [1.807, 2.05) is 212 Å². The molecule has 126 heavy (non-hydrogen) atoms. The number of fused-ring (bicyclic) bond motifs is 19. The van der Waals surface area contributed by atoms with Gasteiger partial charge in [-0.3, -0.25) is 0 Å². The summed E-state index contributed by atoms with van der Waals surface area (Å²) in [5.41, 5.74) is 29.6. The van der Waals surface area contributed by atoms with Crippen LogP contribution in [-0.4, -0.2) is 9.97 Å². The quantitative estimate of drug-likeness (QED) is 0.101. The van der Waals surface area contributed by atoms with Crippen LogP contribution in [0.1, 0.15) is 0 Å². The Morgan fingerprint density at radius 3 is 1.08 bits per heavy atom. The highest BCUT2D eigenvalue weighted by Crippen LogP contribution is 2.45. The molecule has 3 N–H and O–H groups in total. The number of nitrogens with two attached hydrogens (primary N) is 1. The molecule has 0 aliphatic carbocycles. The Morgan fingerprint density at radius 1 is 0.254 bits per heavy atom. The molecule has 5 aromatic heterocycles. The molecule has 0 unspecified atom stereocenters. The highest BCUT2D eigenvalue weighted by Gasteiger charge is 2.21. The van der Waals surface area contributed by atoms with E-state index in [4.69, 9.17) is 44.4 Å². The predicted octanol–water partition coefficient (Wildman–Crippen LogP) is 33.6. The number of aromatic nitrogens is 2. The fraction of sp³-hybridized carbons (Fsp3) is 0. The van der Waals surface area contributed by atoms with Crippen molar-refractivity contribution in [3.05, 3.63) is 446 Å². The summed E-state index contributed by atoms with van der Waals surface area (Å²) >= 11 is 9.69. The van der Waals surface area contributed by atoms with Gasteiger partial charge in [-0.05, 0) is 236 Å². The normalized spacial score (nSPS) is 11.3. The van der Waals surface area contributed by atoms with Gasteiger partial charge in [0.05, 0.1) is 0 Å². The van der Waals surface area contributed by atoms with E-state index < -0.39 is 0 Å². The third kappa shape index (κ3) is 15.8. The fourth-order valence-electron chi connectivity index (χ4n) is 16.6. The highest BCUT2D eigenvalue weighted by atomic mass is 79.9. The number of halogens is 2. The molecule has 0 spiro atoms. The molecule has 0 saturated heterocycles. The van der Waals surface area contributed by atoms with Crippen molar-refractivity contribution in [2.24, 2.45) is 0 Å². The molecule has 0 aliphatic heterocycles. The van der Waals surface area contributed by atoms with Crippen molar-refractivity contribution in [1.82, 2.24) is 9.97 Å². The Morgan fingerprint density at radius 2 is 0.587 bits per heavy atom. The number of anilines is 6. The van der Waals surface area contributed by atoms with Crippen molar-refractivity contribution in [1.29, 1.82) is 0 Å². The minimum Gasteiger partial charge on any atom is -0.456 e. The van der Waals surface area contributed by atoms with Crippen LogP contribution in [0.5, 0.6) is 0 Å². The molecular weight excluding hydrogens is 1630 g/mol. The molecule has 0 amide bonds. The second-order valence-electron chi connectivity index (χ2n) is 30.8. The molecule has 20 aromatic carbocycles. The van der Waals surface area contributed by atoms with Gasteiger partial charge in [-0.2, -0.15) is 0 Å². The maximum Gasteiger partial charge on any atom is 0.227 e. The Kier molecular flexibility index (Phi) is 20.9. The number of para-hydroxylation sites is 3. The van der Waals surface area contributed by atoms with E-state index in [2.05, 4.69) is 256 Å². The molecule has 0 atom stereocenters. The van der Waals surface area contributed by atoms with Crippen LogP contribution in [0.2, 0.25) is 5.02 Å². The summed E-state index contributed by atoms with van der Waals surface area (Å²) in [7, 11) is 0. The third-order valence-corrected chi connectivity index (χ3v) is 23.5. The minimum absolute atomic E-state index is 0.622. The number of nitrogens with one attached hydrogen (secondary N) is 1. The summed E-state index contributed by atoms with van der Waals surface area (Å²) in [6.07, 6.45) is 0. The van der Waals surface area contributed by atoms with Crippen molar-refractivity contribution < 1.29 is 22.1 Å². The summed E-state index contributed by atoms with van der Waals surface area (Å²) in [5, 5.41) is 19.8. The van der Waals surface area contributed by atoms with Gasteiger partial charge < -0.3 is 38.0 Å². The summed E-state index contributed by atoms with van der Waals surface area (Å²) in [5.74, 6) is 1.26. The van der Waals surface area contributed by atoms with Gasteiger partial charge in [-0.25, -0.2) is 9.97 Å². The molecule has 0 fully saturated rings. The lowest BCUT2D eigenvalue weighted by atomic mass is 9.99. The summed E-state index contributed by atoms with van der Waals surface area (Å²) in [4.78, 5) is 11.9. The van der Waals surface area contributed by atoms with Crippen LogP contribution in [0.15, 0.2) is 463 Å². The summed E-state index contributed by atoms with van der Waals surface area (Å²) < 4.78 is 31.6. The Labute approximate surface area is 738 Å². The van der Waals surface area contributed by atoms with Crippen LogP contribution >= 0.6 is 27.5 Å². The number of hydrogen-bond donors (Lipinski definition) is 2. The van der Waals surface area contributed by atoms with Crippen molar-refractivity contribution in [3.63, 3.8) is 0 Å². The average Bonchev–Trinajstić information content (AvgIpc) is 1.33. The van der Waals surface area contributed by atoms with Crippen LogP contribution in [0.25, 0.3) is 187 Å². The second-order valence-corrected chi connectivity index (χ2v) is 32.2. The molecule has 10 nitrogen and oxygen atoms in total. The number of rotatable bonds is 10. The van der Waals surface area contributed by atoms with Gasteiger partial charge in [-0.1, -0.05) is 294 Å². The Bertz CT molecular complexity index is 8270. The lowest BCUT2D eigenvalue weighted by Crippen LogP contribution is -2.09. The number of furan rings is 3. The third-order valence-electron chi connectivity index (χ3n) is 22.8. The van der Waals surface area contributed by atoms with Gasteiger partial charge in [0.25, 0.3) is 0 Å². The number of hydrogen-bond acceptors (Lipinski definition) is 10. The van der Waals surface area contributed by atoms with Gasteiger partial charge in [0, 0.05) is 97.8 Å². The summed E-state index contributed by atoms with van der Waals surface area (Å²) in [6, 6.07) is 149. The van der Waals surface area contributed by atoms with Crippen molar-refractivity contribution in [2.75, 3.05) is 16.0 Å². The van der Waals surface area contributed by atoms with Crippen LogP contribution in [0, 0.1) is 0 Å². The first-order valence-corrected chi connectivity index (χ1v) is 42.8. The molecule has 0 saturated carbocycles. The van der Waals surface area contributed by atoms with E-state index in [1.165, 1.54) is 38.8 Å². The van der Waals surface area contributed by atoms with Crippen molar-refractivity contribution in [3.8, 4) is 56.3 Å². The number of oxazole rings is 2. The van der Waals surface area contributed by atoms with E-state index in [0.717, 1.165) is 180 Å².